The van der Waals surface area contributed by atoms with E-state index in [4.69, 9.17) is 18.9 Å². The van der Waals surface area contributed by atoms with Gasteiger partial charge in [-0.2, -0.15) is 4.91 Å². The van der Waals surface area contributed by atoms with Gasteiger partial charge in [0, 0.05) is 45.3 Å². The van der Waals surface area contributed by atoms with Crippen molar-refractivity contribution >= 4 is 5.69 Å². The van der Waals surface area contributed by atoms with Crippen molar-refractivity contribution < 1.29 is 23.3 Å². The lowest BCUT2D eigenvalue weighted by Crippen LogP contribution is -2.48. The highest BCUT2D eigenvalue weighted by molar-refractivity contribution is 5.61. The van der Waals surface area contributed by atoms with E-state index in [0.717, 1.165) is 48.7 Å². The Kier molecular flexibility index (Phi) is 9.03. The van der Waals surface area contributed by atoms with Gasteiger partial charge in [-0.15, -0.1) is 0 Å². The quantitative estimate of drug-likeness (QED) is 0.265. The first-order chi connectivity index (χ1) is 19.1. The summed E-state index contributed by atoms with van der Waals surface area (Å²) in [6.07, 6.45) is 0.694. The van der Waals surface area contributed by atoms with Gasteiger partial charge in [0.05, 0.1) is 24.9 Å². The molecule has 2 heterocycles. The zero-order valence-corrected chi connectivity index (χ0v) is 22.1. The molecule has 1 N–H and O–H groups in total. The number of hydrogen-bond acceptors (Lipinski definition) is 8. The molecule has 1 fully saturated rings. The van der Waals surface area contributed by atoms with E-state index in [1.54, 1.807) is 19.2 Å². The SMILES string of the molecule is COCCCN1CCOc2ccc(CO[C@H]3CNC[C@@H](N=O)[C@@H]3c3ccc(Oc4cccc(F)c4)cc3)cc21. The average Bonchev–Trinajstić information content (AvgIpc) is 2.96. The topological polar surface area (TPSA) is 81.6 Å². The highest BCUT2D eigenvalue weighted by atomic mass is 19.1. The summed E-state index contributed by atoms with van der Waals surface area (Å²) in [6.45, 7) is 4.61. The standard InChI is InChI=1S/C30H34FN3O5/c1-36-14-3-12-34-13-15-37-28-11-6-21(16-27(28)34)20-38-29-19-32-18-26(33-35)30(29)22-7-9-24(10-8-22)39-25-5-2-4-23(31)17-25/h2,4-11,16-17,26,29-30,32H,3,12-15,18-20H2,1H3/t26-,29+,30+/m1/s1. The predicted molar refractivity (Wildman–Crippen MR) is 147 cm³/mol. The number of methoxy groups -OCH3 is 1. The van der Waals surface area contributed by atoms with Crippen molar-refractivity contribution in [3.8, 4) is 17.2 Å². The molecule has 3 aromatic carbocycles. The van der Waals surface area contributed by atoms with Crippen LogP contribution in [0.2, 0.25) is 0 Å². The third-order valence-corrected chi connectivity index (χ3v) is 7.17. The predicted octanol–water partition coefficient (Wildman–Crippen LogP) is 5.26. The molecule has 3 atom stereocenters. The molecule has 0 unspecified atom stereocenters. The molecule has 8 nitrogen and oxygen atoms in total. The summed E-state index contributed by atoms with van der Waals surface area (Å²) in [7, 11) is 1.72. The average molecular weight is 536 g/mol. The molecule has 0 saturated carbocycles. The molecule has 39 heavy (non-hydrogen) atoms. The first-order valence-corrected chi connectivity index (χ1v) is 13.3. The van der Waals surface area contributed by atoms with Gasteiger partial charge in [0.15, 0.2) is 0 Å². The van der Waals surface area contributed by atoms with Crippen molar-refractivity contribution in [1.29, 1.82) is 0 Å². The molecule has 5 rings (SSSR count). The maximum absolute atomic E-state index is 13.5. The smallest absolute Gasteiger partial charge is 0.142 e. The van der Waals surface area contributed by atoms with Crippen LogP contribution in [-0.2, 0) is 16.1 Å². The van der Waals surface area contributed by atoms with Gasteiger partial charge < -0.3 is 29.2 Å². The Bertz CT molecular complexity index is 1240. The number of anilines is 1. The van der Waals surface area contributed by atoms with E-state index in [2.05, 4.69) is 21.5 Å². The van der Waals surface area contributed by atoms with Crippen molar-refractivity contribution in [2.75, 3.05) is 51.4 Å². The Hall–Kier alpha value is -3.53. The van der Waals surface area contributed by atoms with Crippen LogP contribution in [0.25, 0.3) is 0 Å². The van der Waals surface area contributed by atoms with E-state index in [-0.39, 0.29) is 17.8 Å². The number of hydrogen-bond donors (Lipinski definition) is 1. The van der Waals surface area contributed by atoms with E-state index < -0.39 is 6.04 Å². The first kappa shape index (κ1) is 27.1. The Morgan fingerprint density at radius 3 is 2.74 bits per heavy atom. The van der Waals surface area contributed by atoms with Gasteiger partial charge in [-0.3, -0.25) is 0 Å². The van der Waals surface area contributed by atoms with Gasteiger partial charge in [0.25, 0.3) is 0 Å². The summed E-state index contributed by atoms with van der Waals surface area (Å²) in [5.41, 5.74) is 3.05. The van der Waals surface area contributed by atoms with Gasteiger partial charge in [-0.1, -0.05) is 29.4 Å². The molecular formula is C30H34FN3O5. The maximum atomic E-state index is 13.5. The lowest BCUT2D eigenvalue weighted by atomic mass is 9.84. The second-order valence-corrected chi connectivity index (χ2v) is 9.82. The number of ether oxygens (including phenoxy) is 4. The van der Waals surface area contributed by atoms with Crippen molar-refractivity contribution in [2.45, 2.75) is 31.1 Å². The van der Waals surface area contributed by atoms with E-state index in [9.17, 15) is 9.30 Å². The van der Waals surface area contributed by atoms with Gasteiger partial charge in [-0.25, -0.2) is 4.39 Å². The van der Waals surface area contributed by atoms with Crippen LogP contribution in [0.4, 0.5) is 10.1 Å². The highest BCUT2D eigenvalue weighted by Gasteiger charge is 2.36. The molecule has 206 valence electrons. The van der Waals surface area contributed by atoms with Crippen molar-refractivity contribution in [1.82, 2.24) is 5.32 Å². The molecule has 2 aliphatic rings. The number of fused-ring (bicyclic) bond motifs is 1. The fourth-order valence-corrected chi connectivity index (χ4v) is 5.25. The zero-order valence-electron chi connectivity index (χ0n) is 22.1. The van der Waals surface area contributed by atoms with Crippen LogP contribution in [0.3, 0.4) is 0 Å². The number of halogens is 1. The Morgan fingerprint density at radius 2 is 1.95 bits per heavy atom. The van der Waals surface area contributed by atoms with Gasteiger partial charge in [0.1, 0.15) is 35.7 Å². The van der Waals surface area contributed by atoms with Gasteiger partial charge in [-0.05, 0) is 53.9 Å². The lowest BCUT2D eigenvalue weighted by Gasteiger charge is -2.36. The molecule has 0 aromatic heterocycles. The molecule has 0 aliphatic carbocycles. The molecule has 3 aromatic rings. The summed E-state index contributed by atoms with van der Waals surface area (Å²) < 4.78 is 36.8. The van der Waals surface area contributed by atoms with E-state index in [1.807, 2.05) is 36.4 Å². The fraction of sp³-hybridized carbons (Fsp3) is 0.400. The highest BCUT2D eigenvalue weighted by Crippen LogP contribution is 2.35. The van der Waals surface area contributed by atoms with Crippen molar-refractivity contribution in [3.63, 3.8) is 0 Å². The van der Waals surface area contributed by atoms with Gasteiger partial charge >= 0.3 is 0 Å². The van der Waals surface area contributed by atoms with Crippen LogP contribution < -0.4 is 19.7 Å². The van der Waals surface area contributed by atoms with E-state index in [1.165, 1.54) is 12.1 Å². The van der Waals surface area contributed by atoms with Crippen LogP contribution in [0.15, 0.2) is 71.9 Å². The van der Waals surface area contributed by atoms with Crippen molar-refractivity contribution in [2.24, 2.45) is 5.18 Å². The Balaban J connectivity index is 1.28. The minimum absolute atomic E-state index is 0.210. The lowest BCUT2D eigenvalue weighted by molar-refractivity contribution is 0.00539. The monoisotopic (exact) mass is 535 g/mol. The number of nitrogens with one attached hydrogen (secondary N) is 1. The zero-order chi connectivity index (χ0) is 27.0. The number of benzene rings is 3. The third-order valence-electron chi connectivity index (χ3n) is 7.17. The fourth-order valence-electron chi connectivity index (χ4n) is 5.25. The van der Waals surface area contributed by atoms with E-state index >= 15 is 0 Å². The summed E-state index contributed by atoms with van der Waals surface area (Å²) in [5.74, 6) is 1.32. The Morgan fingerprint density at radius 1 is 1.08 bits per heavy atom. The molecule has 0 amide bonds. The normalized spacial score (nSPS) is 20.7. The molecular weight excluding hydrogens is 501 g/mol. The largest absolute Gasteiger partial charge is 0.490 e. The second kappa shape index (κ2) is 13.0. The van der Waals surface area contributed by atoms with Crippen LogP contribution in [-0.4, -0.2) is 58.6 Å². The summed E-state index contributed by atoms with van der Waals surface area (Å²) in [4.78, 5) is 14.1. The minimum Gasteiger partial charge on any atom is -0.490 e. The minimum atomic E-state index is -0.466. The van der Waals surface area contributed by atoms with E-state index in [0.29, 0.717) is 37.8 Å². The Labute approximate surface area is 228 Å². The second-order valence-electron chi connectivity index (χ2n) is 9.82. The summed E-state index contributed by atoms with van der Waals surface area (Å²) in [6, 6.07) is 19.2. The van der Waals surface area contributed by atoms with Crippen LogP contribution in [0, 0.1) is 10.7 Å². The maximum Gasteiger partial charge on any atom is 0.142 e. The third kappa shape index (κ3) is 6.73. The van der Waals surface area contributed by atoms with Crippen LogP contribution >= 0.6 is 0 Å². The molecule has 1 saturated heterocycles. The summed E-state index contributed by atoms with van der Waals surface area (Å²) in [5, 5.41) is 6.70. The molecule has 0 bridgehead atoms. The number of piperidine rings is 1. The molecule has 0 radical (unpaired) electrons. The van der Waals surface area contributed by atoms with Crippen LogP contribution in [0.5, 0.6) is 17.2 Å². The van der Waals surface area contributed by atoms with Crippen molar-refractivity contribution in [3.05, 3.63) is 88.6 Å². The first-order valence-electron chi connectivity index (χ1n) is 13.3. The molecule has 9 heteroatoms. The van der Waals surface area contributed by atoms with Crippen LogP contribution in [0.1, 0.15) is 23.5 Å². The molecule has 2 aliphatic heterocycles. The van der Waals surface area contributed by atoms with Gasteiger partial charge in [0.2, 0.25) is 0 Å². The number of nitroso groups, excluding NO2 is 1. The number of nitrogens with zero attached hydrogens (tertiary/aromatic N) is 2. The molecule has 0 spiro atoms. The summed E-state index contributed by atoms with van der Waals surface area (Å²) >= 11 is 0. The number of rotatable bonds is 11.